The van der Waals surface area contributed by atoms with E-state index in [-0.39, 0.29) is 0 Å². The molecule has 0 aliphatic heterocycles. The molecule has 1 aromatic rings. The average molecular weight is 314 g/mol. The van der Waals surface area contributed by atoms with Crippen molar-refractivity contribution >= 4 is 15.9 Å². The van der Waals surface area contributed by atoms with Crippen LogP contribution < -0.4 is 14.8 Å². The van der Waals surface area contributed by atoms with Gasteiger partial charge in [-0.15, -0.1) is 0 Å². The molecule has 0 bridgehead atoms. The molecule has 0 radical (unpaired) electrons. The number of methoxy groups -OCH3 is 1. The minimum Gasteiger partial charge on any atom is -0.493 e. The van der Waals surface area contributed by atoms with E-state index in [9.17, 15) is 0 Å². The summed E-state index contributed by atoms with van der Waals surface area (Å²) in [5.74, 6) is 1.43. The Morgan fingerprint density at radius 3 is 2.78 bits per heavy atom. The van der Waals surface area contributed by atoms with Crippen molar-refractivity contribution in [2.24, 2.45) is 0 Å². The summed E-state index contributed by atoms with van der Waals surface area (Å²) in [7, 11) is 1.63. The van der Waals surface area contributed by atoms with E-state index in [1.807, 2.05) is 18.2 Å². The van der Waals surface area contributed by atoms with Crippen molar-refractivity contribution in [1.82, 2.24) is 5.32 Å². The van der Waals surface area contributed by atoms with Crippen LogP contribution in [0.1, 0.15) is 13.8 Å². The second-order valence-corrected chi connectivity index (χ2v) is 5.20. The van der Waals surface area contributed by atoms with E-state index in [2.05, 4.69) is 41.7 Å². The van der Waals surface area contributed by atoms with Crippen LogP contribution in [-0.2, 0) is 0 Å². The van der Waals surface area contributed by atoms with Crippen molar-refractivity contribution in [3.63, 3.8) is 0 Å². The number of halogens is 1. The van der Waals surface area contributed by atoms with E-state index in [0.29, 0.717) is 24.1 Å². The summed E-state index contributed by atoms with van der Waals surface area (Å²) in [5, 5.41) is 3.30. The Hall–Kier alpha value is -1.00. The quantitative estimate of drug-likeness (QED) is 0.783. The van der Waals surface area contributed by atoms with Gasteiger partial charge in [0.05, 0.1) is 11.6 Å². The van der Waals surface area contributed by atoms with Gasteiger partial charge in [0.1, 0.15) is 6.61 Å². The summed E-state index contributed by atoms with van der Waals surface area (Å²) in [5.41, 5.74) is 1.00. The Bertz CT molecular complexity index is 405. The SMILES string of the molecule is C=C(CNC(C)C)COc1c(Br)cccc1OC. The van der Waals surface area contributed by atoms with Gasteiger partial charge in [-0.25, -0.2) is 0 Å². The van der Waals surface area contributed by atoms with E-state index < -0.39 is 0 Å². The van der Waals surface area contributed by atoms with Gasteiger partial charge in [-0.3, -0.25) is 0 Å². The lowest BCUT2D eigenvalue weighted by molar-refractivity contribution is 0.314. The zero-order valence-electron chi connectivity index (χ0n) is 11.1. The molecule has 4 heteroatoms. The molecule has 0 saturated heterocycles. The topological polar surface area (TPSA) is 30.5 Å². The van der Waals surface area contributed by atoms with Crippen LogP contribution in [0.3, 0.4) is 0 Å². The van der Waals surface area contributed by atoms with E-state index in [1.54, 1.807) is 7.11 Å². The van der Waals surface area contributed by atoms with Crippen LogP contribution in [0.5, 0.6) is 11.5 Å². The Morgan fingerprint density at radius 2 is 2.17 bits per heavy atom. The Kier molecular flexibility index (Phi) is 6.22. The van der Waals surface area contributed by atoms with E-state index in [4.69, 9.17) is 9.47 Å². The fourth-order valence-corrected chi connectivity index (χ4v) is 1.83. The zero-order chi connectivity index (χ0) is 13.5. The van der Waals surface area contributed by atoms with Crippen molar-refractivity contribution in [2.75, 3.05) is 20.3 Å². The van der Waals surface area contributed by atoms with Gasteiger partial charge in [-0.2, -0.15) is 0 Å². The molecule has 0 aromatic heterocycles. The molecule has 0 saturated carbocycles. The van der Waals surface area contributed by atoms with Gasteiger partial charge >= 0.3 is 0 Å². The molecule has 18 heavy (non-hydrogen) atoms. The lowest BCUT2D eigenvalue weighted by Crippen LogP contribution is -2.26. The highest BCUT2D eigenvalue weighted by Gasteiger charge is 2.09. The number of benzene rings is 1. The molecule has 0 fully saturated rings. The largest absolute Gasteiger partial charge is 0.493 e. The maximum absolute atomic E-state index is 5.74. The maximum Gasteiger partial charge on any atom is 0.175 e. The smallest absolute Gasteiger partial charge is 0.175 e. The first kappa shape index (κ1) is 15.1. The first-order valence-electron chi connectivity index (χ1n) is 5.90. The monoisotopic (exact) mass is 313 g/mol. The molecule has 1 N–H and O–H groups in total. The van der Waals surface area contributed by atoms with Crippen molar-refractivity contribution in [3.05, 3.63) is 34.8 Å². The highest BCUT2D eigenvalue weighted by Crippen LogP contribution is 2.34. The van der Waals surface area contributed by atoms with Gasteiger partial charge in [-0.1, -0.05) is 26.5 Å². The van der Waals surface area contributed by atoms with Gasteiger partial charge in [0.15, 0.2) is 11.5 Å². The Balaban J connectivity index is 2.55. The van der Waals surface area contributed by atoms with Crippen molar-refractivity contribution in [2.45, 2.75) is 19.9 Å². The molecule has 1 aromatic carbocycles. The molecule has 0 aliphatic rings. The molecule has 0 heterocycles. The van der Waals surface area contributed by atoms with Crippen LogP contribution >= 0.6 is 15.9 Å². The molecule has 0 unspecified atom stereocenters. The zero-order valence-corrected chi connectivity index (χ0v) is 12.7. The predicted octanol–water partition coefficient (Wildman–Crippen LogP) is 3.39. The molecule has 100 valence electrons. The fourth-order valence-electron chi connectivity index (χ4n) is 1.36. The van der Waals surface area contributed by atoms with E-state index >= 15 is 0 Å². The third-order valence-corrected chi connectivity index (χ3v) is 2.96. The normalized spacial score (nSPS) is 10.5. The number of hydrogen-bond donors (Lipinski definition) is 1. The number of nitrogens with one attached hydrogen (secondary N) is 1. The molecule has 0 amide bonds. The Labute approximate surface area is 117 Å². The second kappa shape index (κ2) is 7.44. The van der Waals surface area contributed by atoms with Crippen LogP contribution in [0, 0.1) is 0 Å². The van der Waals surface area contributed by atoms with Crippen LogP contribution in [-0.4, -0.2) is 26.3 Å². The van der Waals surface area contributed by atoms with Crippen molar-refractivity contribution < 1.29 is 9.47 Å². The molecular formula is C14H20BrNO2. The first-order valence-corrected chi connectivity index (χ1v) is 6.69. The third kappa shape index (κ3) is 4.70. The first-order chi connectivity index (χ1) is 8.54. The van der Waals surface area contributed by atoms with Crippen molar-refractivity contribution in [3.8, 4) is 11.5 Å². The maximum atomic E-state index is 5.74. The summed E-state index contributed by atoms with van der Waals surface area (Å²) in [4.78, 5) is 0. The minimum absolute atomic E-state index is 0.444. The lowest BCUT2D eigenvalue weighted by Gasteiger charge is -2.14. The van der Waals surface area contributed by atoms with E-state index in [1.165, 1.54) is 0 Å². The summed E-state index contributed by atoms with van der Waals surface area (Å²) in [6.45, 7) is 9.41. The van der Waals surface area contributed by atoms with Gasteiger partial charge in [0, 0.05) is 12.6 Å². The van der Waals surface area contributed by atoms with Gasteiger partial charge in [0.25, 0.3) is 0 Å². The van der Waals surface area contributed by atoms with Crippen LogP contribution in [0.2, 0.25) is 0 Å². The predicted molar refractivity (Wildman–Crippen MR) is 78.5 cm³/mol. The molecule has 0 spiro atoms. The van der Waals surface area contributed by atoms with Gasteiger partial charge < -0.3 is 14.8 Å². The molecule has 3 nitrogen and oxygen atoms in total. The van der Waals surface area contributed by atoms with Gasteiger partial charge in [-0.05, 0) is 33.6 Å². The summed E-state index contributed by atoms with van der Waals surface area (Å²) >= 11 is 3.45. The number of rotatable bonds is 7. The highest BCUT2D eigenvalue weighted by molar-refractivity contribution is 9.10. The standard InChI is InChI=1S/C14H20BrNO2/c1-10(2)16-8-11(3)9-18-14-12(15)6-5-7-13(14)17-4/h5-7,10,16H,3,8-9H2,1-2,4H3. The second-order valence-electron chi connectivity index (χ2n) is 4.35. The van der Waals surface area contributed by atoms with Crippen molar-refractivity contribution in [1.29, 1.82) is 0 Å². The number of hydrogen-bond acceptors (Lipinski definition) is 3. The number of ether oxygens (including phenoxy) is 2. The fraction of sp³-hybridized carbons (Fsp3) is 0.429. The lowest BCUT2D eigenvalue weighted by atomic mass is 10.3. The highest BCUT2D eigenvalue weighted by atomic mass is 79.9. The molecule has 0 aliphatic carbocycles. The summed E-state index contributed by atoms with van der Waals surface area (Å²) < 4.78 is 11.9. The van der Waals surface area contributed by atoms with Gasteiger partial charge in [0.2, 0.25) is 0 Å². The summed E-state index contributed by atoms with van der Waals surface area (Å²) in [6.07, 6.45) is 0. The number of para-hydroxylation sites is 1. The Morgan fingerprint density at radius 1 is 1.44 bits per heavy atom. The minimum atomic E-state index is 0.444. The molecule has 1 rings (SSSR count). The van der Waals surface area contributed by atoms with Crippen LogP contribution in [0.15, 0.2) is 34.8 Å². The third-order valence-electron chi connectivity index (χ3n) is 2.33. The molecule has 0 atom stereocenters. The average Bonchev–Trinajstić information content (AvgIpc) is 2.34. The van der Waals surface area contributed by atoms with E-state index in [0.717, 1.165) is 16.6 Å². The van der Waals surface area contributed by atoms with Crippen LogP contribution in [0.4, 0.5) is 0 Å². The summed E-state index contributed by atoms with van der Waals surface area (Å²) in [6, 6.07) is 6.15. The van der Waals surface area contributed by atoms with Crippen LogP contribution in [0.25, 0.3) is 0 Å². The molecular weight excluding hydrogens is 294 g/mol.